The average Bonchev–Trinajstić information content (AvgIpc) is 2.50. The van der Waals surface area contributed by atoms with Crippen LogP contribution in [-0.2, 0) is 0 Å². The quantitative estimate of drug-likeness (QED) is 0.577. The molecule has 0 heterocycles. The number of aryl methyl sites for hydroxylation is 2. The smallest absolute Gasteiger partial charge is 0.0850 e. The van der Waals surface area contributed by atoms with Gasteiger partial charge in [0.2, 0.25) is 0 Å². The minimum atomic E-state index is -0.933. The van der Waals surface area contributed by atoms with Crippen molar-refractivity contribution in [1.82, 2.24) is 0 Å². The molecule has 0 saturated heterocycles. The Balaban J connectivity index is 2.83. The van der Waals surface area contributed by atoms with Gasteiger partial charge in [-0.1, -0.05) is 54.1 Å². The van der Waals surface area contributed by atoms with E-state index in [2.05, 4.69) is 60.1 Å². The van der Waals surface area contributed by atoms with Crippen LogP contribution in [0.4, 0.5) is 0 Å². The number of allylic oxidation sites excluding steroid dienone is 1. The van der Waals surface area contributed by atoms with Crippen LogP contribution in [0.5, 0.6) is 0 Å². The molecule has 0 unspecified atom stereocenters. The van der Waals surface area contributed by atoms with Crippen LogP contribution in [0.3, 0.4) is 0 Å². The van der Waals surface area contributed by atoms with Gasteiger partial charge in [0, 0.05) is 10.1 Å². The number of benzene rings is 2. The average molecular weight is 399 g/mol. The summed E-state index contributed by atoms with van der Waals surface area (Å²) in [6, 6.07) is 16.8. The molecule has 0 aliphatic rings. The second-order valence-electron chi connectivity index (χ2n) is 7.29. The first-order valence-corrected chi connectivity index (χ1v) is 9.35. The fourth-order valence-electron chi connectivity index (χ4n) is 3.15. The zero-order valence-electron chi connectivity index (χ0n) is 15.9. The van der Waals surface area contributed by atoms with E-state index in [1.165, 1.54) is 11.1 Å². The lowest BCUT2D eigenvalue weighted by Gasteiger charge is -2.26. The van der Waals surface area contributed by atoms with Gasteiger partial charge >= 0.3 is 0 Å². The van der Waals surface area contributed by atoms with Crippen LogP contribution in [0.1, 0.15) is 49.9 Å². The number of hydrogen-bond acceptors (Lipinski definition) is 1. The predicted octanol–water partition coefficient (Wildman–Crippen LogP) is 6.57. The highest BCUT2D eigenvalue weighted by molar-refractivity contribution is 9.12. The first-order valence-electron chi connectivity index (χ1n) is 8.56. The Bertz CT molecular complexity index is 817. The fourth-order valence-corrected chi connectivity index (χ4v) is 4.49. The number of aliphatic hydroxyl groups is 1. The lowest BCUT2D eigenvalue weighted by molar-refractivity contribution is 0.122. The minimum Gasteiger partial charge on any atom is -0.386 e. The van der Waals surface area contributed by atoms with E-state index in [-0.39, 0.29) is 0 Å². The van der Waals surface area contributed by atoms with Crippen LogP contribution in [0.25, 0.3) is 5.57 Å². The van der Waals surface area contributed by atoms with E-state index in [9.17, 15) is 5.11 Å². The van der Waals surface area contributed by atoms with Crippen molar-refractivity contribution in [3.8, 4) is 0 Å². The van der Waals surface area contributed by atoms with Crippen LogP contribution < -0.4 is 0 Å². The molecule has 0 saturated carbocycles. The van der Waals surface area contributed by atoms with Crippen molar-refractivity contribution in [2.24, 2.45) is 0 Å². The fraction of sp³-hybridized carbons (Fsp3) is 0.304. The summed E-state index contributed by atoms with van der Waals surface area (Å²) in [5.41, 5.74) is 6.98. The molecule has 0 aromatic heterocycles. The summed E-state index contributed by atoms with van der Waals surface area (Å²) in [5.74, 6) is 0. The maximum atomic E-state index is 10.7. The summed E-state index contributed by atoms with van der Waals surface area (Å²) in [5, 5.41) is 10.7. The Morgan fingerprint density at radius 3 is 1.96 bits per heavy atom. The Morgan fingerprint density at radius 1 is 0.880 bits per heavy atom. The van der Waals surface area contributed by atoms with E-state index in [1.807, 2.05) is 45.9 Å². The molecular formula is C23H27BrO. The van der Waals surface area contributed by atoms with E-state index < -0.39 is 5.60 Å². The molecule has 2 aromatic carbocycles. The molecular weight excluding hydrogens is 372 g/mol. The zero-order valence-corrected chi connectivity index (χ0v) is 17.5. The van der Waals surface area contributed by atoms with Gasteiger partial charge in [0.25, 0.3) is 0 Å². The van der Waals surface area contributed by atoms with Gasteiger partial charge in [-0.15, -0.1) is 0 Å². The summed E-state index contributed by atoms with van der Waals surface area (Å²) < 4.78 is 0.939. The molecule has 132 valence electrons. The molecule has 0 spiro atoms. The normalized spacial score (nSPS) is 12.6. The van der Waals surface area contributed by atoms with Gasteiger partial charge in [-0.25, -0.2) is 0 Å². The monoisotopic (exact) mass is 398 g/mol. The van der Waals surface area contributed by atoms with Gasteiger partial charge in [-0.3, -0.25) is 0 Å². The molecule has 0 fully saturated rings. The third-order valence-electron chi connectivity index (χ3n) is 4.41. The van der Waals surface area contributed by atoms with E-state index in [1.54, 1.807) is 0 Å². The van der Waals surface area contributed by atoms with Crippen molar-refractivity contribution >= 4 is 21.5 Å². The molecule has 0 amide bonds. The predicted molar refractivity (Wildman–Crippen MR) is 112 cm³/mol. The highest BCUT2D eigenvalue weighted by atomic mass is 79.9. The standard InChI is InChI=1S/C23H27BrO/c1-15(2)21(23(5,6)25)22(24)20(18-10-8-7-9-11-18)19-13-12-16(3)17(4)14-19/h7-14,25H,1-6H3/b22-20-. The van der Waals surface area contributed by atoms with Crippen LogP contribution >= 0.6 is 15.9 Å². The van der Waals surface area contributed by atoms with Crippen molar-refractivity contribution in [3.63, 3.8) is 0 Å². The SMILES string of the molecule is CC(C)=C(/C(Br)=C(\c1ccccc1)c1ccc(C)c(C)c1)C(C)(C)O. The van der Waals surface area contributed by atoms with E-state index >= 15 is 0 Å². The summed E-state index contributed by atoms with van der Waals surface area (Å²) in [6.45, 7) is 12.0. The van der Waals surface area contributed by atoms with Gasteiger partial charge in [0.15, 0.2) is 0 Å². The van der Waals surface area contributed by atoms with Gasteiger partial charge < -0.3 is 5.11 Å². The zero-order chi connectivity index (χ0) is 18.8. The number of rotatable bonds is 4. The third kappa shape index (κ3) is 4.50. The molecule has 1 N–H and O–H groups in total. The van der Waals surface area contributed by atoms with Crippen LogP contribution in [0.15, 0.2) is 64.2 Å². The van der Waals surface area contributed by atoms with Crippen molar-refractivity contribution in [1.29, 1.82) is 0 Å². The highest BCUT2D eigenvalue weighted by Crippen LogP contribution is 2.39. The molecule has 0 bridgehead atoms. The first kappa shape index (κ1) is 19.7. The maximum absolute atomic E-state index is 10.7. The van der Waals surface area contributed by atoms with Crippen LogP contribution in [0, 0.1) is 13.8 Å². The Morgan fingerprint density at radius 2 is 1.48 bits per heavy atom. The van der Waals surface area contributed by atoms with Crippen molar-refractivity contribution in [2.45, 2.75) is 47.1 Å². The van der Waals surface area contributed by atoms with Crippen molar-refractivity contribution < 1.29 is 5.11 Å². The molecule has 0 aliphatic carbocycles. The molecule has 0 atom stereocenters. The molecule has 2 rings (SSSR count). The van der Waals surface area contributed by atoms with Gasteiger partial charge in [-0.05, 0) is 85.3 Å². The molecule has 0 radical (unpaired) electrons. The third-order valence-corrected chi connectivity index (χ3v) is 5.20. The molecule has 0 aliphatic heterocycles. The Labute approximate surface area is 160 Å². The molecule has 1 nitrogen and oxygen atoms in total. The summed E-state index contributed by atoms with van der Waals surface area (Å²) in [6.07, 6.45) is 0. The van der Waals surface area contributed by atoms with E-state index in [0.29, 0.717) is 0 Å². The van der Waals surface area contributed by atoms with Gasteiger partial charge in [-0.2, -0.15) is 0 Å². The maximum Gasteiger partial charge on any atom is 0.0850 e. The lowest BCUT2D eigenvalue weighted by Crippen LogP contribution is -2.23. The van der Waals surface area contributed by atoms with E-state index in [0.717, 1.165) is 32.3 Å². The van der Waals surface area contributed by atoms with Gasteiger partial charge in [0.1, 0.15) is 0 Å². The van der Waals surface area contributed by atoms with Crippen molar-refractivity contribution in [2.75, 3.05) is 0 Å². The lowest BCUT2D eigenvalue weighted by atomic mass is 9.87. The second kappa shape index (κ2) is 7.72. The topological polar surface area (TPSA) is 20.2 Å². The number of halogens is 1. The number of hydrogen-bond donors (Lipinski definition) is 1. The Hall–Kier alpha value is -1.64. The summed E-state index contributed by atoms with van der Waals surface area (Å²) >= 11 is 3.83. The summed E-state index contributed by atoms with van der Waals surface area (Å²) in [7, 11) is 0. The second-order valence-corrected chi connectivity index (χ2v) is 8.08. The highest BCUT2D eigenvalue weighted by Gasteiger charge is 2.26. The molecule has 2 aromatic rings. The molecule has 25 heavy (non-hydrogen) atoms. The summed E-state index contributed by atoms with van der Waals surface area (Å²) in [4.78, 5) is 0. The van der Waals surface area contributed by atoms with Gasteiger partial charge in [0.05, 0.1) is 5.60 Å². The molecule has 2 heteroatoms. The van der Waals surface area contributed by atoms with E-state index in [4.69, 9.17) is 0 Å². The largest absolute Gasteiger partial charge is 0.386 e. The Kier molecular flexibility index (Phi) is 6.08. The van der Waals surface area contributed by atoms with Crippen LogP contribution in [0.2, 0.25) is 0 Å². The van der Waals surface area contributed by atoms with Crippen LogP contribution in [-0.4, -0.2) is 10.7 Å². The minimum absolute atomic E-state index is 0.921. The van der Waals surface area contributed by atoms with Crippen molar-refractivity contribution in [3.05, 3.63) is 86.4 Å². The first-order chi connectivity index (χ1) is 11.6.